The summed E-state index contributed by atoms with van der Waals surface area (Å²) >= 11 is 0. The molecule has 2 aliphatic rings. The number of methoxy groups -OCH3 is 1. The molecule has 0 spiro atoms. The molecular weight excluding hydrogens is 365 g/mol. The summed E-state index contributed by atoms with van der Waals surface area (Å²) in [6.07, 6.45) is 4.12. The Morgan fingerprint density at radius 1 is 0.964 bits per heavy atom. The van der Waals surface area contributed by atoms with Crippen LogP contribution in [0.4, 0.5) is 13.2 Å². The number of aliphatic hydroxyl groups is 1. The third-order valence-electron chi connectivity index (χ3n) is 7.08. The molecule has 1 aromatic carbocycles. The van der Waals surface area contributed by atoms with Crippen molar-refractivity contribution in [3.05, 3.63) is 34.6 Å². The fourth-order valence-electron chi connectivity index (χ4n) is 5.28. The van der Waals surface area contributed by atoms with Gasteiger partial charge in [0.15, 0.2) is 0 Å². The van der Waals surface area contributed by atoms with E-state index < -0.39 is 12.2 Å². The second kappa shape index (κ2) is 9.62. The number of halogens is 3. The molecule has 2 aliphatic carbocycles. The van der Waals surface area contributed by atoms with Crippen molar-refractivity contribution in [1.82, 2.24) is 0 Å². The van der Waals surface area contributed by atoms with Gasteiger partial charge in [-0.25, -0.2) is 13.2 Å². The van der Waals surface area contributed by atoms with E-state index in [0.29, 0.717) is 17.5 Å². The average molecular weight is 399 g/mol. The van der Waals surface area contributed by atoms with Crippen LogP contribution in [-0.4, -0.2) is 24.4 Å². The van der Waals surface area contributed by atoms with Crippen LogP contribution in [-0.2, 0) is 4.74 Å². The lowest BCUT2D eigenvalue weighted by molar-refractivity contribution is 0.0654. The Labute approximate surface area is 166 Å². The molecule has 0 aliphatic heterocycles. The van der Waals surface area contributed by atoms with E-state index in [2.05, 4.69) is 0 Å². The van der Waals surface area contributed by atoms with Crippen molar-refractivity contribution in [3.8, 4) is 0 Å². The van der Waals surface area contributed by atoms with Crippen LogP contribution in [0.5, 0.6) is 0 Å². The smallest absolute Gasteiger partial charge is 0.266 e. The van der Waals surface area contributed by atoms with E-state index >= 15 is 4.39 Å². The minimum Gasteiger partial charge on any atom is -0.393 e. The zero-order chi connectivity index (χ0) is 20.3. The molecule has 28 heavy (non-hydrogen) atoms. The van der Waals surface area contributed by atoms with E-state index in [4.69, 9.17) is 4.74 Å². The van der Waals surface area contributed by atoms with Gasteiger partial charge in [0.1, 0.15) is 5.82 Å². The van der Waals surface area contributed by atoms with E-state index in [0.717, 1.165) is 51.4 Å². The first-order valence-electron chi connectivity index (χ1n) is 10.8. The number of rotatable bonds is 6. The van der Waals surface area contributed by atoms with E-state index in [1.165, 1.54) is 0 Å². The first-order valence-corrected chi connectivity index (χ1v) is 10.8. The summed E-state index contributed by atoms with van der Waals surface area (Å²) in [7, 11) is 1.68. The molecule has 2 fully saturated rings. The molecule has 2 nitrogen and oxygen atoms in total. The largest absolute Gasteiger partial charge is 0.393 e. The number of benzene rings is 1. The first kappa shape index (κ1) is 21.6. The number of hydrogen-bond donors (Lipinski definition) is 1. The topological polar surface area (TPSA) is 29.5 Å². The Morgan fingerprint density at radius 2 is 1.50 bits per heavy atom. The molecule has 0 radical (unpaired) electrons. The minimum atomic E-state index is -2.80. The molecule has 0 bridgehead atoms. The maximum Gasteiger partial charge on any atom is 0.266 e. The van der Waals surface area contributed by atoms with Crippen molar-refractivity contribution in [3.63, 3.8) is 0 Å². The summed E-state index contributed by atoms with van der Waals surface area (Å²) < 4.78 is 48.3. The predicted octanol–water partition coefficient (Wildman–Crippen LogP) is 6.48. The summed E-state index contributed by atoms with van der Waals surface area (Å²) in [5.74, 6) is -0.508. The van der Waals surface area contributed by atoms with Crippen LogP contribution in [0.3, 0.4) is 0 Å². The summed E-state index contributed by atoms with van der Waals surface area (Å²) in [6.45, 7) is 1.96. The molecular formula is C23H33F3O2. The van der Waals surface area contributed by atoms with Gasteiger partial charge in [-0.15, -0.1) is 0 Å². The molecule has 5 heteroatoms. The van der Waals surface area contributed by atoms with Gasteiger partial charge in [-0.3, -0.25) is 0 Å². The highest BCUT2D eigenvalue weighted by atomic mass is 19.3. The Hall–Kier alpha value is -1.07. The molecule has 0 saturated heterocycles. The lowest BCUT2D eigenvalue weighted by atomic mass is 9.74. The van der Waals surface area contributed by atoms with Crippen LogP contribution < -0.4 is 0 Å². The zero-order valence-corrected chi connectivity index (χ0v) is 17.0. The van der Waals surface area contributed by atoms with Gasteiger partial charge in [-0.05, 0) is 86.7 Å². The van der Waals surface area contributed by atoms with Crippen LogP contribution in [0, 0.1) is 11.7 Å². The van der Waals surface area contributed by atoms with Crippen molar-refractivity contribution in [1.29, 1.82) is 0 Å². The Balaban J connectivity index is 1.79. The number of hydrogen-bond acceptors (Lipinski definition) is 2. The second-order valence-corrected chi connectivity index (χ2v) is 8.57. The zero-order valence-electron chi connectivity index (χ0n) is 17.0. The van der Waals surface area contributed by atoms with Gasteiger partial charge in [0.2, 0.25) is 0 Å². The standard InChI is InChI=1S/C23H33F3O2/c1-3-20(27)16-6-4-14(5-7-16)18-12-13-19(22(24)21(18)23(25)26)15-8-10-17(28-2)11-9-15/h12-17,20,23,27H,3-11H2,1-2H3. The van der Waals surface area contributed by atoms with Crippen molar-refractivity contribution >= 4 is 0 Å². The predicted molar refractivity (Wildman–Crippen MR) is 104 cm³/mol. The van der Waals surface area contributed by atoms with E-state index in [1.807, 2.05) is 6.92 Å². The van der Waals surface area contributed by atoms with Crippen molar-refractivity contribution in [2.75, 3.05) is 7.11 Å². The minimum absolute atomic E-state index is 0.00612. The molecule has 1 aromatic rings. The van der Waals surface area contributed by atoms with Gasteiger partial charge in [-0.1, -0.05) is 19.1 Å². The lowest BCUT2D eigenvalue weighted by Gasteiger charge is -2.33. The maximum absolute atomic E-state index is 15.2. The second-order valence-electron chi connectivity index (χ2n) is 8.57. The first-order chi connectivity index (χ1) is 13.5. The lowest BCUT2D eigenvalue weighted by Crippen LogP contribution is -2.25. The highest BCUT2D eigenvalue weighted by Crippen LogP contribution is 2.44. The van der Waals surface area contributed by atoms with Crippen LogP contribution in [0.1, 0.15) is 99.7 Å². The maximum atomic E-state index is 15.2. The Kier molecular flexibility index (Phi) is 7.43. The van der Waals surface area contributed by atoms with Gasteiger partial charge >= 0.3 is 0 Å². The average Bonchev–Trinajstić information content (AvgIpc) is 2.73. The molecule has 1 N–H and O–H groups in total. The number of alkyl halides is 2. The molecule has 0 amide bonds. The Bertz CT molecular complexity index is 633. The fraction of sp³-hybridized carbons (Fsp3) is 0.739. The molecule has 158 valence electrons. The fourth-order valence-corrected chi connectivity index (χ4v) is 5.28. The number of aliphatic hydroxyl groups excluding tert-OH is 1. The third-order valence-corrected chi connectivity index (χ3v) is 7.08. The molecule has 0 aromatic heterocycles. The molecule has 3 rings (SSSR count). The van der Waals surface area contributed by atoms with Crippen LogP contribution in [0.15, 0.2) is 12.1 Å². The van der Waals surface area contributed by atoms with Gasteiger partial charge in [0, 0.05) is 7.11 Å². The van der Waals surface area contributed by atoms with E-state index in [-0.39, 0.29) is 35.5 Å². The molecule has 2 saturated carbocycles. The molecule has 1 atom stereocenters. The number of ether oxygens (including phenoxy) is 1. The summed E-state index contributed by atoms with van der Waals surface area (Å²) in [5.41, 5.74) is 0.542. The quantitative estimate of drug-likeness (QED) is 0.594. The molecule has 0 heterocycles. The van der Waals surface area contributed by atoms with Crippen molar-refractivity contribution in [2.24, 2.45) is 5.92 Å². The van der Waals surface area contributed by atoms with Gasteiger partial charge in [-0.2, -0.15) is 0 Å². The monoisotopic (exact) mass is 398 g/mol. The van der Waals surface area contributed by atoms with Gasteiger partial charge in [0.05, 0.1) is 17.8 Å². The highest BCUT2D eigenvalue weighted by Gasteiger charge is 2.33. The van der Waals surface area contributed by atoms with E-state index in [9.17, 15) is 13.9 Å². The van der Waals surface area contributed by atoms with Crippen LogP contribution in [0.2, 0.25) is 0 Å². The van der Waals surface area contributed by atoms with Crippen LogP contribution in [0.25, 0.3) is 0 Å². The summed E-state index contributed by atoms with van der Waals surface area (Å²) in [5, 5.41) is 10.1. The van der Waals surface area contributed by atoms with Crippen molar-refractivity contribution < 1.29 is 23.0 Å². The normalized spacial score (nSPS) is 29.8. The van der Waals surface area contributed by atoms with Gasteiger partial charge < -0.3 is 9.84 Å². The van der Waals surface area contributed by atoms with Crippen LogP contribution >= 0.6 is 0 Å². The SMILES string of the molecule is CCC(O)C1CCC(c2ccc(C3CCC(OC)CC3)c(F)c2C(F)F)CC1. The Morgan fingerprint density at radius 3 is 2.04 bits per heavy atom. The summed E-state index contributed by atoms with van der Waals surface area (Å²) in [6, 6.07) is 3.50. The molecule has 1 unspecified atom stereocenters. The van der Waals surface area contributed by atoms with Crippen molar-refractivity contribution in [2.45, 2.75) is 95.2 Å². The van der Waals surface area contributed by atoms with E-state index in [1.54, 1.807) is 19.2 Å². The summed E-state index contributed by atoms with van der Waals surface area (Å²) in [4.78, 5) is 0. The van der Waals surface area contributed by atoms with Gasteiger partial charge in [0.25, 0.3) is 6.43 Å². The third kappa shape index (κ3) is 4.56. The highest BCUT2D eigenvalue weighted by molar-refractivity contribution is 5.39.